The van der Waals surface area contributed by atoms with E-state index in [1.165, 1.54) is 7.11 Å². The van der Waals surface area contributed by atoms with Gasteiger partial charge in [-0.2, -0.15) is 0 Å². The fourth-order valence-corrected chi connectivity index (χ4v) is 2.72. The van der Waals surface area contributed by atoms with Crippen molar-refractivity contribution < 1.29 is 14.3 Å². The SMILES string of the molecule is COC(=O)c1c(C)[nH]c(C(=O)NCc2cn3ccccc3n2)c1C. The number of nitrogens with zero attached hydrogens (tertiary/aromatic N) is 2. The highest BCUT2D eigenvalue weighted by Gasteiger charge is 2.22. The van der Waals surface area contributed by atoms with Crippen LogP contribution >= 0.6 is 0 Å². The Balaban J connectivity index is 1.76. The summed E-state index contributed by atoms with van der Waals surface area (Å²) in [6.45, 7) is 3.75. The Hall–Kier alpha value is -3.09. The molecule has 3 aromatic rings. The van der Waals surface area contributed by atoms with Gasteiger partial charge in [0.05, 0.1) is 24.9 Å². The lowest BCUT2D eigenvalue weighted by atomic mass is 10.1. The maximum Gasteiger partial charge on any atom is 0.339 e. The van der Waals surface area contributed by atoms with Gasteiger partial charge in [0.15, 0.2) is 0 Å². The van der Waals surface area contributed by atoms with Gasteiger partial charge in [-0.3, -0.25) is 4.79 Å². The van der Waals surface area contributed by atoms with Gasteiger partial charge in [0.25, 0.3) is 5.91 Å². The molecule has 0 aromatic carbocycles. The van der Waals surface area contributed by atoms with Crippen molar-refractivity contribution in [1.29, 1.82) is 0 Å². The normalized spacial score (nSPS) is 10.8. The number of H-pyrrole nitrogens is 1. The number of hydrogen-bond acceptors (Lipinski definition) is 4. The summed E-state index contributed by atoms with van der Waals surface area (Å²) in [6, 6.07) is 5.72. The summed E-state index contributed by atoms with van der Waals surface area (Å²) in [5.41, 5.74) is 3.52. The molecular formula is C17H18N4O3. The largest absolute Gasteiger partial charge is 0.465 e. The molecule has 0 spiro atoms. The van der Waals surface area contributed by atoms with Gasteiger partial charge in [0, 0.05) is 18.1 Å². The molecule has 0 aliphatic rings. The summed E-state index contributed by atoms with van der Waals surface area (Å²) in [4.78, 5) is 31.6. The Morgan fingerprint density at radius 2 is 2.12 bits per heavy atom. The van der Waals surface area contributed by atoms with Gasteiger partial charge in [0.2, 0.25) is 0 Å². The summed E-state index contributed by atoms with van der Waals surface area (Å²) in [5, 5.41) is 2.82. The smallest absolute Gasteiger partial charge is 0.339 e. The van der Waals surface area contributed by atoms with E-state index in [0.29, 0.717) is 29.1 Å². The number of esters is 1. The van der Waals surface area contributed by atoms with Crippen molar-refractivity contribution in [3.05, 3.63) is 58.8 Å². The molecule has 3 heterocycles. The quantitative estimate of drug-likeness (QED) is 0.718. The second-order valence-corrected chi connectivity index (χ2v) is 5.50. The summed E-state index contributed by atoms with van der Waals surface area (Å²) in [7, 11) is 1.32. The molecule has 7 nitrogen and oxygen atoms in total. The molecule has 124 valence electrons. The fourth-order valence-electron chi connectivity index (χ4n) is 2.72. The van der Waals surface area contributed by atoms with E-state index in [-0.39, 0.29) is 5.91 Å². The number of carbonyl (C=O) groups excluding carboxylic acids is 2. The van der Waals surface area contributed by atoms with Crippen LogP contribution in [-0.4, -0.2) is 33.4 Å². The van der Waals surface area contributed by atoms with E-state index in [0.717, 1.165) is 11.3 Å². The van der Waals surface area contributed by atoms with Crippen LogP contribution in [0.5, 0.6) is 0 Å². The molecule has 2 N–H and O–H groups in total. The molecule has 0 saturated carbocycles. The number of aromatic amines is 1. The highest BCUT2D eigenvalue weighted by Crippen LogP contribution is 2.18. The Morgan fingerprint density at radius 3 is 2.83 bits per heavy atom. The Kier molecular flexibility index (Phi) is 4.07. The highest BCUT2D eigenvalue weighted by molar-refractivity contribution is 6.00. The van der Waals surface area contributed by atoms with E-state index in [2.05, 4.69) is 15.3 Å². The van der Waals surface area contributed by atoms with Crippen LogP contribution in [0.4, 0.5) is 0 Å². The van der Waals surface area contributed by atoms with Crippen LogP contribution in [0, 0.1) is 13.8 Å². The summed E-state index contributed by atoms with van der Waals surface area (Å²) < 4.78 is 6.64. The second kappa shape index (κ2) is 6.19. The second-order valence-electron chi connectivity index (χ2n) is 5.50. The van der Waals surface area contributed by atoms with E-state index in [4.69, 9.17) is 4.74 Å². The van der Waals surface area contributed by atoms with E-state index in [9.17, 15) is 9.59 Å². The molecule has 0 aliphatic carbocycles. The van der Waals surface area contributed by atoms with E-state index in [1.807, 2.05) is 35.0 Å². The number of imidazole rings is 1. The maximum absolute atomic E-state index is 12.4. The van der Waals surface area contributed by atoms with Crippen molar-refractivity contribution in [2.24, 2.45) is 0 Å². The van der Waals surface area contributed by atoms with E-state index >= 15 is 0 Å². The van der Waals surface area contributed by atoms with Crippen LogP contribution in [0.1, 0.15) is 37.8 Å². The summed E-state index contributed by atoms with van der Waals surface area (Å²) >= 11 is 0. The van der Waals surface area contributed by atoms with Crippen LogP contribution in [0.3, 0.4) is 0 Å². The van der Waals surface area contributed by atoms with Gasteiger partial charge < -0.3 is 19.4 Å². The third-order valence-corrected chi connectivity index (χ3v) is 3.90. The lowest BCUT2D eigenvalue weighted by Crippen LogP contribution is -2.24. The molecule has 1 amide bonds. The Bertz CT molecular complexity index is 890. The zero-order chi connectivity index (χ0) is 17.3. The minimum absolute atomic E-state index is 0.289. The molecule has 0 saturated heterocycles. The van der Waals surface area contributed by atoms with E-state index in [1.54, 1.807) is 13.8 Å². The number of fused-ring (bicyclic) bond motifs is 1. The topological polar surface area (TPSA) is 88.5 Å². The number of pyridine rings is 1. The van der Waals surface area contributed by atoms with Crippen molar-refractivity contribution in [3.8, 4) is 0 Å². The highest BCUT2D eigenvalue weighted by atomic mass is 16.5. The number of hydrogen-bond donors (Lipinski definition) is 2. The summed E-state index contributed by atoms with van der Waals surface area (Å²) in [6.07, 6.45) is 3.76. The van der Waals surface area contributed by atoms with Gasteiger partial charge >= 0.3 is 5.97 Å². The minimum Gasteiger partial charge on any atom is -0.465 e. The molecular weight excluding hydrogens is 308 g/mol. The predicted octanol–water partition coefficient (Wildman–Crippen LogP) is 2.00. The third-order valence-electron chi connectivity index (χ3n) is 3.90. The van der Waals surface area contributed by atoms with Crippen LogP contribution in [0.25, 0.3) is 5.65 Å². The van der Waals surface area contributed by atoms with Crippen molar-refractivity contribution in [1.82, 2.24) is 19.7 Å². The lowest BCUT2D eigenvalue weighted by Gasteiger charge is -2.03. The Labute approximate surface area is 138 Å². The number of amides is 1. The Morgan fingerprint density at radius 1 is 1.33 bits per heavy atom. The molecule has 0 unspecified atom stereocenters. The van der Waals surface area contributed by atoms with Crippen molar-refractivity contribution in [2.75, 3.05) is 7.11 Å². The average Bonchev–Trinajstić information content (AvgIpc) is 3.12. The zero-order valence-electron chi connectivity index (χ0n) is 13.7. The molecule has 0 bridgehead atoms. The zero-order valence-corrected chi connectivity index (χ0v) is 13.7. The molecule has 24 heavy (non-hydrogen) atoms. The first-order chi connectivity index (χ1) is 11.5. The molecule has 7 heteroatoms. The number of methoxy groups -OCH3 is 1. The van der Waals surface area contributed by atoms with Crippen LogP contribution in [0.15, 0.2) is 30.6 Å². The fraction of sp³-hybridized carbons (Fsp3) is 0.235. The maximum atomic E-state index is 12.4. The molecule has 0 fully saturated rings. The number of aromatic nitrogens is 3. The van der Waals surface area contributed by atoms with Gasteiger partial charge in [-0.15, -0.1) is 0 Å². The molecule has 0 aliphatic heterocycles. The van der Waals surface area contributed by atoms with Crippen LogP contribution in [0.2, 0.25) is 0 Å². The lowest BCUT2D eigenvalue weighted by molar-refractivity contribution is 0.0599. The molecule has 3 rings (SSSR count). The predicted molar refractivity (Wildman–Crippen MR) is 88.0 cm³/mol. The average molecular weight is 326 g/mol. The van der Waals surface area contributed by atoms with Crippen LogP contribution < -0.4 is 5.32 Å². The van der Waals surface area contributed by atoms with Gasteiger partial charge in [-0.1, -0.05) is 6.07 Å². The van der Waals surface area contributed by atoms with Crippen molar-refractivity contribution in [3.63, 3.8) is 0 Å². The molecule has 3 aromatic heterocycles. The number of aryl methyl sites for hydroxylation is 1. The number of nitrogens with one attached hydrogen (secondary N) is 2. The number of ether oxygens (including phenoxy) is 1. The first-order valence-corrected chi connectivity index (χ1v) is 7.49. The van der Waals surface area contributed by atoms with Gasteiger partial charge in [-0.25, -0.2) is 9.78 Å². The van der Waals surface area contributed by atoms with E-state index < -0.39 is 5.97 Å². The minimum atomic E-state index is -0.458. The van der Waals surface area contributed by atoms with Gasteiger partial charge in [0.1, 0.15) is 11.3 Å². The third kappa shape index (κ3) is 2.76. The first kappa shape index (κ1) is 15.8. The van der Waals surface area contributed by atoms with Crippen LogP contribution in [-0.2, 0) is 11.3 Å². The standard InChI is InChI=1S/C17H18N4O3/c1-10-14(17(23)24-3)11(2)19-15(10)16(22)18-8-12-9-21-7-5-4-6-13(21)20-12/h4-7,9,19H,8H2,1-3H3,(H,18,22). The van der Waals surface area contributed by atoms with Crippen molar-refractivity contribution >= 4 is 17.5 Å². The summed E-state index contributed by atoms with van der Waals surface area (Å²) in [5.74, 6) is -0.747. The van der Waals surface area contributed by atoms with Gasteiger partial charge in [-0.05, 0) is 31.5 Å². The molecule has 0 atom stereocenters. The number of rotatable bonds is 4. The number of carbonyl (C=O) groups is 2. The monoisotopic (exact) mass is 326 g/mol. The first-order valence-electron chi connectivity index (χ1n) is 7.49. The van der Waals surface area contributed by atoms with Crippen molar-refractivity contribution in [2.45, 2.75) is 20.4 Å². The molecule has 0 radical (unpaired) electrons.